The van der Waals surface area contributed by atoms with Crippen LogP contribution in [-0.4, -0.2) is 28.1 Å². The highest BCUT2D eigenvalue weighted by molar-refractivity contribution is 5.85. The minimum atomic E-state index is -1.02. The van der Waals surface area contributed by atoms with Crippen LogP contribution in [0, 0.1) is 6.92 Å². The average molecular weight is 257 g/mol. The van der Waals surface area contributed by atoms with Crippen molar-refractivity contribution in [3.63, 3.8) is 0 Å². The number of hydrogen-bond donors (Lipinski definition) is 1. The zero-order valence-corrected chi connectivity index (χ0v) is 10.9. The number of rotatable bonds is 4. The van der Waals surface area contributed by atoms with E-state index < -0.39 is 5.97 Å². The SMILES string of the molecule is Cc1cccc(CN(C)c2ccc(C(=O)O)nc2)n1. The lowest BCUT2D eigenvalue weighted by atomic mass is 10.2. The zero-order chi connectivity index (χ0) is 13.8. The van der Waals surface area contributed by atoms with E-state index in [1.54, 1.807) is 12.3 Å². The number of carboxylic acid groups (broad SMARTS) is 1. The molecule has 5 heteroatoms. The molecule has 1 N–H and O–H groups in total. The van der Waals surface area contributed by atoms with Crippen molar-refractivity contribution in [1.29, 1.82) is 0 Å². The van der Waals surface area contributed by atoms with Crippen molar-refractivity contribution in [3.8, 4) is 0 Å². The molecule has 0 aromatic carbocycles. The molecule has 0 saturated carbocycles. The van der Waals surface area contributed by atoms with Gasteiger partial charge in [-0.25, -0.2) is 9.78 Å². The Morgan fingerprint density at radius 3 is 2.68 bits per heavy atom. The molecule has 0 amide bonds. The van der Waals surface area contributed by atoms with Crippen LogP contribution in [0.2, 0.25) is 0 Å². The third-order valence-corrected chi connectivity index (χ3v) is 2.75. The normalized spacial score (nSPS) is 10.2. The summed E-state index contributed by atoms with van der Waals surface area (Å²) < 4.78 is 0. The molecule has 0 saturated heterocycles. The number of pyridine rings is 2. The van der Waals surface area contributed by atoms with Crippen molar-refractivity contribution in [2.75, 3.05) is 11.9 Å². The van der Waals surface area contributed by atoms with E-state index in [0.29, 0.717) is 6.54 Å². The van der Waals surface area contributed by atoms with E-state index >= 15 is 0 Å². The van der Waals surface area contributed by atoms with Gasteiger partial charge in [-0.3, -0.25) is 4.98 Å². The smallest absolute Gasteiger partial charge is 0.354 e. The van der Waals surface area contributed by atoms with Crippen molar-refractivity contribution in [1.82, 2.24) is 9.97 Å². The number of hydrogen-bond acceptors (Lipinski definition) is 4. The second-order valence-electron chi connectivity index (χ2n) is 4.33. The number of aromatic nitrogens is 2. The van der Waals surface area contributed by atoms with Gasteiger partial charge in [0.2, 0.25) is 0 Å². The summed E-state index contributed by atoms with van der Waals surface area (Å²) in [6, 6.07) is 9.12. The molecule has 0 aliphatic heterocycles. The second-order valence-corrected chi connectivity index (χ2v) is 4.33. The Kier molecular flexibility index (Phi) is 3.75. The van der Waals surface area contributed by atoms with E-state index in [4.69, 9.17) is 5.11 Å². The summed E-state index contributed by atoms with van der Waals surface area (Å²) in [5.74, 6) is -1.02. The van der Waals surface area contributed by atoms with E-state index in [2.05, 4.69) is 9.97 Å². The predicted octanol–water partition coefficient (Wildman–Crippen LogP) is 2.12. The van der Waals surface area contributed by atoms with Gasteiger partial charge in [0.25, 0.3) is 0 Å². The summed E-state index contributed by atoms with van der Waals surface area (Å²) in [5.41, 5.74) is 2.84. The fourth-order valence-electron chi connectivity index (χ4n) is 1.76. The molecular weight excluding hydrogens is 242 g/mol. The fourth-order valence-corrected chi connectivity index (χ4v) is 1.76. The lowest BCUT2D eigenvalue weighted by Crippen LogP contribution is -2.17. The molecule has 0 bridgehead atoms. The zero-order valence-electron chi connectivity index (χ0n) is 10.9. The molecule has 5 nitrogen and oxygen atoms in total. The Balaban J connectivity index is 2.11. The number of nitrogens with zero attached hydrogens (tertiary/aromatic N) is 3. The maximum Gasteiger partial charge on any atom is 0.354 e. The summed E-state index contributed by atoms with van der Waals surface area (Å²) in [7, 11) is 1.92. The maximum atomic E-state index is 10.7. The van der Waals surface area contributed by atoms with E-state index in [-0.39, 0.29) is 5.69 Å². The number of carbonyl (C=O) groups is 1. The summed E-state index contributed by atoms with van der Waals surface area (Å²) in [6.07, 6.45) is 1.55. The molecule has 0 unspecified atom stereocenters. The van der Waals surface area contributed by atoms with Crippen LogP contribution in [0.4, 0.5) is 5.69 Å². The predicted molar refractivity (Wildman–Crippen MR) is 72.3 cm³/mol. The summed E-state index contributed by atoms with van der Waals surface area (Å²) in [6.45, 7) is 2.60. The van der Waals surface area contributed by atoms with E-state index in [1.807, 2.05) is 37.1 Å². The summed E-state index contributed by atoms with van der Waals surface area (Å²) >= 11 is 0. The van der Waals surface area contributed by atoms with Crippen molar-refractivity contribution in [2.24, 2.45) is 0 Å². The molecule has 19 heavy (non-hydrogen) atoms. The Morgan fingerprint density at radius 2 is 2.11 bits per heavy atom. The molecule has 0 fully saturated rings. The molecule has 0 spiro atoms. The van der Waals surface area contributed by atoms with Gasteiger partial charge >= 0.3 is 5.97 Å². The molecule has 98 valence electrons. The van der Waals surface area contributed by atoms with Crippen LogP contribution in [0.15, 0.2) is 36.5 Å². The van der Waals surface area contributed by atoms with Gasteiger partial charge in [0.05, 0.1) is 24.1 Å². The molecule has 0 aliphatic rings. The van der Waals surface area contributed by atoms with Gasteiger partial charge in [0.15, 0.2) is 0 Å². The largest absolute Gasteiger partial charge is 0.477 e. The van der Waals surface area contributed by atoms with Crippen LogP contribution in [0.5, 0.6) is 0 Å². The van der Waals surface area contributed by atoms with Crippen molar-refractivity contribution < 1.29 is 9.90 Å². The number of carboxylic acids is 1. The minimum Gasteiger partial charge on any atom is -0.477 e. The van der Waals surface area contributed by atoms with Crippen molar-refractivity contribution in [3.05, 3.63) is 53.6 Å². The van der Waals surface area contributed by atoms with Crippen LogP contribution in [-0.2, 0) is 6.54 Å². The lowest BCUT2D eigenvalue weighted by Gasteiger charge is -2.18. The van der Waals surface area contributed by atoms with Crippen LogP contribution in [0.3, 0.4) is 0 Å². The molecule has 2 aromatic rings. The Hall–Kier alpha value is -2.43. The highest BCUT2D eigenvalue weighted by atomic mass is 16.4. The second kappa shape index (κ2) is 5.48. The van der Waals surface area contributed by atoms with Crippen LogP contribution in [0.1, 0.15) is 21.9 Å². The highest BCUT2D eigenvalue weighted by Gasteiger charge is 2.07. The Bertz CT molecular complexity index is 581. The first-order valence-electron chi connectivity index (χ1n) is 5.89. The van der Waals surface area contributed by atoms with Gasteiger partial charge < -0.3 is 10.0 Å². The van der Waals surface area contributed by atoms with E-state index in [0.717, 1.165) is 17.1 Å². The first kappa shape index (κ1) is 13.0. The summed E-state index contributed by atoms with van der Waals surface area (Å²) in [5, 5.41) is 8.79. The molecule has 0 aliphatic carbocycles. The number of anilines is 1. The van der Waals surface area contributed by atoms with E-state index in [9.17, 15) is 4.79 Å². The highest BCUT2D eigenvalue weighted by Crippen LogP contribution is 2.14. The standard InChI is InChI=1S/C14H15N3O2/c1-10-4-3-5-11(16-10)9-17(2)12-6-7-13(14(18)19)15-8-12/h3-8H,9H2,1-2H3,(H,18,19). The third kappa shape index (κ3) is 3.28. The van der Waals surface area contributed by atoms with Crippen LogP contribution in [0.25, 0.3) is 0 Å². The lowest BCUT2D eigenvalue weighted by molar-refractivity contribution is 0.0690. The van der Waals surface area contributed by atoms with Gasteiger partial charge in [-0.05, 0) is 31.2 Å². The molecule has 0 radical (unpaired) electrons. The quantitative estimate of drug-likeness (QED) is 0.908. The monoisotopic (exact) mass is 257 g/mol. The average Bonchev–Trinajstić information content (AvgIpc) is 2.39. The minimum absolute atomic E-state index is 0.0471. The Morgan fingerprint density at radius 1 is 1.32 bits per heavy atom. The molecular formula is C14H15N3O2. The van der Waals surface area contributed by atoms with Gasteiger partial charge in [-0.1, -0.05) is 6.07 Å². The molecule has 2 rings (SSSR count). The van der Waals surface area contributed by atoms with E-state index in [1.165, 1.54) is 6.07 Å². The van der Waals surface area contributed by atoms with Crippen molar-refractivity contribution in [2.45, 2.75) is 13.5 Å². The molecule has 2 aromatic heterocycles. The topological polar surface area (TPSA) is 66.3 Å². The molecule has 2 heterocycles. The maximum absolute atomic E-state index is 10.7. The first-order valence-corrected chi connectivity index (χ1v) is 5.89. The van der Waals surface area contributed by atoms with Gasteiger partial charge in [-0.15, -0.1) is 0 Å². The number of aromatic carboxylic acids is 1. The number of aryl methyl sites for hydroxylation is 1. The fraction of sp³-hybridized carbons (Fsp3) is 0.214. The molecule has 0 atom stereocenters. The van der Waals surface area contributed by atoms with Gasteiger partial charge in [0, 0.05) is 12.7 Å². The third-order valence-electron chi connectivity index (χ3n) is 2.75. The first-order chi connectivity index (χ1) is 9.06. The summed E-state index contributed by atoms with van der Waals surface area (Å²) in [4.78, 5) is 21.0. The van der Waals surface area contributed by atoms with Crippen molar-refractivity contribution >= 4 is 11.7 Å². The van der Waals surface area contributed by atoms with Gasteiger partial charge in [-0.2, -0.15) is 0 Å². The Labute approximate surface area is 111 Å². The van der Waals surface area contributed by atoms with Crippen LogP contribution < -0.4 is 4.90 Å². The van der Waals surface area contributed by atoms with Crippen LogP contribution >= 0.6 is 0 Å². The van der Waals surface area contributed by atoms with Gasteiger partial charge in [0.1, 0.15) is 5.69 Å².